The van der Waals surface area contributed by atoms with E-state index in [1.54, 1.807) is 17.0 Å². The molecule has 1 aliphatic rings. The molecule has 0 fully saturated rings. The maximum Gasteiger partial charge on any atom is 0.323 e. The van der Waals surface area contributed by atoms with Gasteiger partial charge in [0.2, 0.25) is 5.91 Å². The van der Waals surface area contributed by atoms with Crippen molar-refractivity contribution >= 4 is 52.2 Å². The van der Waals surface area contributed by atoms with Crippen LogP contribution < -0.4 is 15.3 Å². The number of nitrogens with zero attached hydrogens (tertiary/aromatic N) is 1. The first-order valence-corrected chi connectivity index (χ1v) is 15.2. The minimum Gasteiger partial charge on any atom is -0.480 e. The first kappa shape index (κ1) is 27.3. The molecule has 2 atom stereocenters. The van der Waals surface area contributed by atoms with Gasteiger partial charge in [0.15, 0.2) is 5.41 Å². The summed E-state index contributed by atoms with van der Waals surface area (Å²) in [5.41, 5.74) is -0.441. The Bertz CT molecular complexity index is 1250. The summed E-state index contributed by atoms with van der Waals surface area (Å²) in [5.74, 6) is -1.58. The van der Waals surface area contributed by atoms with Gasteiger partial charge < -0.3 is 14.4 Å². The van der Waals surface area contributed by atoms with Crippen molar-refractivity contribution in [1.29, 1.82) is 0 Å². The summed E-state index contributed by atoms with van der Waals surface area (Å²) in [6, 6.07) is 26.3. The number of carbonyl (C=O) groups is 2. The zero-order valence-electron chi connectivity index (χ0n) is 22.0. The number of hydrogen-bond acceptors (Lipinski definition) is 3. The molecular weight excluding hydrogens is 546 g/mol. The lowest BCUT2D eigenvalue weighted by Crippen LogP contribution is -2.67. The quantitative estimate of drug-likeness (QED) is 0.288. The molecule has 0 saturated heterocycles. The van der Waals surface area contributed by atoms with E-state index < -0.39 is 25.6 Å². The molecule has 194 valence electrons. The number of amides is 1. The van der Waals surface area contributed by atoms with E-state index in [2.05, 4.69) is 92.2 Å². The van der Waals surface area contributed by atoms with Crippen molar-refractivity contribution in [3.05, 3.63) is 88.9 Å². The van der Waals surface area contributed by atoms with E-state index in [1.165, 1.54) is 17.3 Å². The lowest BCUT2D eigenvalue weighted by Gasteiger charge is -2.43. The third kappa shape index (κ3) is 4.69. The van der Waals surface area contributed by atoms with E-state index in [4.69, 9.17) is 4.43 Å². The average molecular weight is 581 g/mol. The lowest BCUT2D eigenvalue weighted by molar-refractivity contribution is -0.147. The van der Waals surface area contributed by atoms with Crippen LogP contribution in [0.1, 0.15) is 40.2 Å². The molecule has 1 heterocycles. The van der Waals surface area contributed by atoms with Crippen LogP contribution in [0.5, 0.6) is 0 Å². The van der Waals surface area contributed by atoms with E-state index in [9.17, 15) is 14.7 Å². The fraction of sp³-hybridized carbons (Fsp3) is 0.333. The Hall–Kier alpha value is -2.74. The Morgan fingerprint density at radius 3 is 2.05 bits per heavy atom. The Morgan fingerprint density at radius 1 is 1.03 bits per heavy atom. The molecule has 0 bridgehead atoms. The monoisotopic (exact) mass is 579 g/mol. The molecule has 0 aromatic heterocycles. The topological polar surface area (TPSA) is 66.8 Å². The van der Waals surface area contributed by atoms with Gasteiger partial charge in [0.05, 0.1) is 0 Å². The molecule has 0 saturated carbocycles. The van der Waals surface area contributed by atoms with Crippen molar-refractivity contribution in [2.24, 2.45) is 5.92 Å². The highest BCUT2D eigenvalue weighted by atomic mass is 79.9. The molecule has 0 radical (unpaired) electrons. The second kappa shape index (κ2) is 10.2. The minimum absolute atomic E-state index is 0.0337. The van der Waals surface area contributed by atoms with Crippen LogP contribution >= 0.6 is 15.9 Å². The van der Waals surface area contributed by atoms with Gasteiger partial charge in [-0.1, -0.05) is 110 Å². The molecule has 0 unspecified atom stereocenters. The Morgan fingerprint density at radius 2 is 1.57 bits per heavy atom. The maximum absolute atomic E-state index is 13.5. The van der Waals surface area contributed by atoms with E-state index in [0.29, 0.717) is 24.4 Å². The van der Waals surface area contributed by atoms with Crippen LogP contribution in [0.4, 0.5) is 5.69 Å². The van der Waals surface area contributed by atoms with Gasteiger partial charge in [-0.15, -0.1) is 0 Å². The number of halogens is 1. The van der Waals surface area contributed by atoms with Crippen molar-refractivity contribution in [3.8, 4) is 0 Å². The van der Waals surface area contributed by atoms with Crippen LogP contribution in [0.2, 0.25) is 5.04 Å². The van der Waals surface area contributed by atoms with Gasteiger partial charge in [-0.05, 0) is 40.4 Å². The number of aliphatic carboxylic acids is 1. The van der Waals surface area contributed by atoms with Crippen molar-refractivity contribution < 1.29 is 19.1 Å². The Kier molecular flexibility index (Phi) is 7.52. The van der Waals surface area contributed by atoms with Gasteiger partial charge in [-0.25, -0.2) is 0 Å². The van der Waals surface area contributed by atoms with Crippen LogP contribution in [-0.2, 0) is 19.4 Å². The highest BCUT2D eigenvalue weighted by Crippen LogP contribution is 2.44. The van der Waals surface area contributed by atoms with Crippen LogP contribution in [-0.4, -0.2) is 38.5 Å². The van der Waals surface area contributed by atoms with E-state index in [-0.39, 0.29) is 11.0 Å². The number of benzene rings is 3. The van der Waals surface area contributed by atoms with E-state index in [0.717, 1.165) is 4.47 Å². The molecule has 3 aromatic rings. The number of fused-ring (bicyclic) bond motifs is 1. The predicted octanol–water partition coefficient (Wildman–Crippen LogP) is 5.35. The standard InChI is InChI=1S/C30H34BrNO4Si/c1-21(19-32-26-18-22(31)16-17-25(26)30(5,27(32)33)28(34)35)20-36-37(29(2,3)4,23-12-8-6-9-13-23)24-14-10-7-11-15-24/h6-18,21H,19-20H2,1-5H3,(H,34,35)/t21-,30+/m0/s1. The smallest absolute Gasteiger partial charge is 0.323 e. The third-order valence-corrected chi connectivity index (χ3v) is 12.9. The molecular formula is C30H34BrNO4Si. The molecule has 3 aromatic carbocycles. The normalized spacial score (nSPS) is 18.5. The zero-order chi connectivity index (χ0) is 27.0. The highest BCUT2D eigenvalue weighted by molar-refractivity contribution is 9.10. The van der Waals surface area contributed by atoms with Crippen LogP contribution in [0.3, 0.4) is 0 Å². The highest BCUT2D eigenvalue weighted by Gasteiger charge is 2.54. The number of carboxylic acid groups (broad SMARTS) is 1. The molecule has 1 aliphatic heterocycles. The fourth-order valence-electron chi connectivity index (χ4n) is 5.43. The first-order valence-electron chi connectivity index (χ1n) is 12.5. The van der Waals surface area contributed by atoms with Crippen molar-refractivity contribution in [2.45, 2.75) is 45.1 Å². The van der Waals surface area contributed by atoms with Crippen molar-refractivity contribution in [2.75, 3.05) is 18.1 Å². The number of carboxylic acids is 1. The summed E-state index contributed by atoms with van der Waals surface area (Å²) in [7, 11) is -2.72. The summed E-state index contributed by atoms with van der Waals surface area (Å²) in [6.45, 7) is 11.1. The second-order valence-corrected chi connectivity index (χ2v) is 16.3. The molecule has 4 rings (SSSR count). The zero-order valence-corrected chi connectivity index (χ0v) is 24.6. The summed E-state index contributed by atoms with van der Waals surface area (Å²) in [4.78, 5) is 27.3. The van der Waals surface area contributed by atoms with Crippen molar-refractivity contribution in [1.82, 2.24) is 0 Å². The van der Waals surface area contributed by atoms with Gasteiger partial charge >= 0.3 is 5.97 Å². The number of hydrogen-bond donors (Lipinski definition) is 1. The second-order valence-electron chi connectivity index (χ2n) is 11.1. The molecule has 7 heteroatoms. The largest absolute Gasteiger partial charge is 0.480 e. The molecule has 37 heavy (non-hydrogen) atoms. The van der Waals surface area contributed by atoms with Gasteiger partial charge in [0.1, 0.15) is 0 Å². The average Bonchev–Trinajstić information content (AvgIpc) is 3.07. The van der Waals surface area contributed by atoms with E-state index in [1.807, 2.05) is 18.2 Å². The molecule has 1 amide bonds. The lowest BCUT2D eigenvalue weighted by atomic mass is 9.84. The Balaban J connectivity index is 1.67. The fourth-order valence-corrected chi connectivity index (χ4v) is 10.5. The van der Waals surface area contributed by atoms with Crippen LogP contribution in [0, 0.1) is 5.92 Å². The van der Waals surface area contributed by atoms with Crippen molar-refractivity contribution in [3.63, 3.8) is 0 Å². The molecule has 1 N–H and O–H groups in total. The summed E-state index contributed by atoms with van der Waals surface area (Å²) in [5, 5.41) is 12.2. The van der Waals surface area contributed by atoms with Gasteiger partial charge in [0.25, 0.3) is 8.32 Å². The van der Waals surface area contributed by atoms with Gasteiger partial charge in [0, 0.05) is 28.9 Å². The summed E-state index contributed by atoms with van der Waals surface area (Å²) in [6.07, 6.45) is 0. The summed E-state index contributed by atoms with van der Waals surface area (Å²) >= 11 is 3.48. The number of carbonyl (C=O) groups excluding carboxylic acids is 1. The first-order chi connectivity index (χ1) is 17.4. The third-order valence-electron chi connectivity index (χ3n) is 7.39. The molecule has 0 aliphatic carbocycles. The minimum atomic E-state index is -2.72. The van der Waals surface area contributed by atoms with Crippen LogP contribution in [0.15, 0.2) is 83.3 Å². The predicted molar refractivity (Wildman–Crippen MR) is 154 cm³/mol. The maximum atomic E-state index is 13.5. The molecule has 0 spiro atoms. The molecule has 5 nitrogen and oxygen atoms in total. The van der Waals surface area contributed by atoms with Gasteiger partial charge in [-0.3, -0.25) is 9.59 Å². The van der Waals surface area contributed by atoms with Crippen LogP contribution in [0.25, 0.3) is 0 Å². The summed E-state index contributed by atoms with van der Waals surface area (Å²) < 4.78 is 7.86. The number of rotatable bonds is 8. The van der Waals surface area contributed by atoms with Gasteiger partial charge in [-0.2, -0.15) is 0 Å². The number of anilines is 1. The SMILES string of the molecule is C[C@H](CO[Si](c1ccccc1)(c1ccccc1)C(C)(C)C)CN1C(=O)[C@](C)(C(=O)O)c2ccc(Br)cc21. The Labute approximate surface area is 228 Å². The van der Waals surface area contributed by atoms with E-state index >= 15 is 0 Å².